The molecule has 0 spiro atoms. The quantitative estimate of drug-likeness (QED) is 0.418. The molecular formula is C24H27ClN2O6S. The van der Waals surface area contributed by atoms with Crippen LogP contribution in [0.2, 0.25) is 5.02 Å². The zero-order valence-corrected chi connectivity index (χ0v) is 20.9. The lowest BCUT2D eigenvalue weighted by atomic mass is 9.83. The van der Waals surface area contributed by atoms with Crippen molar-refractivity contribution in [2.24, 2.45) is 0 Å². The number of ether oxygens (including phenoxy) is 1. The maximum absolute atomic E-state index is 12.6. The molecule has 1 heterocycles. The van der Waals surface area contributed by atoms with Crippen LogP contribution in [0.3, 0.4) is 0 Å². The SMILES string of the molecule is C[C@@H](O)[C@H](NS(=O)(=O)c1ccc(Cl)cc1)C(=O)OCC(=O)/C=C1/N(C)c2ccccc2C1(C)C. The smallest absolute Gasteiger partial charge is 0.327 e. The molecule has 2 N–H and O–H groups in total. The van der Waals surface area contributed by atoms with Gasteiger partial charge in [0.05, 0.1) is 11.0 Å². The van der Waals surface area contributed by atoms with Crippen LogP contribution in [0.25, 0.3) is 0 Å². The highest BCUT2D eigenvalue weighted by Gasteiger charge is 2.38. The van der Waals surface area contributed by atoms with E-state index in [0.29, 0.717) is 5.02 Å². The van der Waals surface area contributed by atoms with Crippen LogP contribution in [0.4, 0.5) is 5.69 Å². The number of nitrogens with zero attached hydrogens (tertiary/aromatic N) is 1. The van der Waals surface area contributed by atoms with E-state index in [1.54, 1.807) is 0 Å². The van der Waals surface area contributed by atoms with E-state index in [1.165, 1.54) is 37.3 Å². The summed E-state index contributed by atoms with van der Waals surface area (Å²) in [6.07, 6.45) is 0.0140. The first kappa shape index (κ1) is 25.9. The van der Waals surface area contributed by atoms with Crippen molar-refractivity contribution in [1.29, 1.82) is 0 Å². The number of aliphatic hydroxyl groups excluding tert-OH is 1. The Bertz CT molecular complexity index is 1220. The number of halogens is 1. The van der Waals surface area contributed by atoms with Gasteiger partial charge in [-0.1, -0.05) is 43.6 Å². The summed E-state index contributed by atoms with van der Waals surface area (Å²) >= 11 is 5.78. The van der Waals surface area contributed by atoms with Crippen LogP contribution in [0.5, 0.6) is 0 Å². The van der Waals surface area contributed by atoms with E-state index in [1.807, 2.05) is 50.1 Å². The van der Waals surface area contributed by atoms with Gasteiger partial charge in [0.1, 0.15) is 6.04 Å². The summed E-state index contributed by atoms with van der Waals surface area (Å²) in [5.41, 5.74) is 2.36. The van der Waals surface area contributed by atoms with Gasteiger partial charge in [-0.25, -0.2) is 8.42 Å². The molecule has 0 amide bonds. The zero-order chi connectivity index (χ0) is 25.3. The number of esters is 1. The highest BCUT2D eigenvalue weighted by molar-refractivity contribution is 7.89. The van der Waals surface area contributed by atoms with Gasteiger partial charge in [0.2, 0.25) is 10.0 Å². The summed E-state index contributed by atoms with van der Waals surface area (Å²) in [5.74, 6) is -1.54. The van der Waals surface area contributed by atoms with E-state index in [4.69, 9.17) is 16.3 Å². The van der Waals surface area contributed by atoms with E-state index in [9.17, 15) is 23.1 Å². The molecule has 2 atom stereocenters. The second kappa shape index (κ2) is 9.87. The Kier molecular flexibility index (Phi) is 7.52. The second-order valence-corrected chi connectivity index (χ2v) is 10.7. The first-order valence-corrected chi connectivity index (χ1v) is 12.4. The number of sulfonamides is 1. The van der Waals surface area contributed by atoms with E-state index >= 15 is 0 Å². The number of benzene rings is 2. The molecule has 0 aromatic heterocycles. The number of likely N-dealkylation sites (N-methyl/N-ethyl adjacent to an activating group) is 1. The first-order chi connectivity index (χ1) is 15.8. The van der Waals surface area contributed by atoms with Crippen molar-refractivity contribution in [2.75, 3.05) is 18.6 Å². The van der Waals surface area contributed by atoms with E-state index in [-0.39, 0.29) is 4.90 Å². The molecule has 1 aliphatic heterocycles. The van der Waals surface area contributed by atoms with Crippen LogP contribution >= 0.6 is 11.6 Å². The van der Waals surface area contributed by atoms with Gasteiger partial charge in [-0.15, -0.1) is 0 Å². The minimum atomic E-state index is -4.15. The molecular weight excluding hydrogens is 480 g/mol. The molecule has 8 nitrogen and oxygen atoms in total. The maximum atomic E-state index is 12.6. The van der Waals surface area contributed by atoms with E-state index in [0.717, 1.165) is 16.9 Å². The lowest BCUT2D eigenvalue weighted by Gasteiger charge is -2.24. The third kappa shape index (κ3) is 5.33. The Morgan fingerprint density at radius 2 is 1.79 bits per heavy atom. The number of ketones is 1. The number of hydrogen-bond acceptors (Lipinski definition) is 7. The van der Waals surface area contributed by atoms with Gasteiger partial charge in [0.15, 0.2) is 12.4 Å². The van der Waals surface area contributed by atoms with E-state index < -0.39 is 45.9 Å². The van der Waals surface area contributed by atoms with Crippen LogP contribution in [-0.2, 0) is 29.8 Å². The van der Waals surface area contributed by atoms with Crippen LogP contribution in [0, 0.1) is 0 Å². The largest absolute Gasteiger partial charge is 0.456 e. The van der Waals surface area contributed by atoms with Crippen LogP contribution in [0.15, 0.2) is 65.2 Å². The van der Waals surface area contributed by atoms with Gasteiger partial charge in [0, 0.05) is 34.9 Å². The number of nitrogens with one attached hydrogen (secondary N) is 1. The number of carbonyl (C=O) groups is 2. The van der Waals surface area contributed by atoms with Gasteiger partial charge in [-0.3, -0.25) is 9.59 Å². The van der Waals surface area contributed by atoms with Gasteiger partial charge < -0.3 is 14.7 Å². The van der Waals surface area contributed by atoms with Gasteiger partial charge >= 0.3 is 5.97 Å². The molecule has 0 unspecified atom stereocenters. The molecule has 0 saturated heterocycles. The Morgan fingerprint density at radius 1 is 1.18 bits per heavy atom. The first-order valence-electron chi connectivity index (χ1n) is 10.6. The number of fused-ring (bicyclic) bond motifs is 1. The predicted octanol–water partition coefficient (Wildman–Crippen LogP) is 2.79. The molecule has 2 aromatic rings. The molecule has 0 aliphatic carbocycles. The van der Waals surface area contributed by atoms with Crippen molar-refractivity contribution in [3.8, 4) is 0 Å². The maximum Gasteiger partial charge on any atom is 0.327 e. The number of allylic oxidation sites excluding steroid dienone is 1. The van der Waals surface area contributed by atoms with Gasteiger partial charge in [-0.05, 0) is 42.8 Å². The minimum Gasteiger partial charge on any atom is -0.456 e. The molecule has 2 aromatic carbocycles. The lowest BCUT2D eigenvalue weighted by molar-refractivity contribution is -0.151. The fraction of sp³-hybridized carbons (Fsp3) is 0.333. The normalized spacial score (nSPS) is 17.8. The third-order valence-corrected chi connectivity index (χ3v) is 7.45. The number of aliphatic hydroxyl groups is 1. The number of rotatable bonds is 8. The van der Waals surface area contributed by atoms with Gasteiger partial charge in [-0.2, -0.15) is 4.72 Å². The number of para-hydroxylation sites is 1. The highest BCUT2D eigenvalue weighted by Crippen LogP contribution is 2.46. The molecule has 34 heavy (non-hydrogen) atoms. The highest BCUT2D eigenvalue weighted by atomic mass is 35.5. The topological polar surface area (TPSA) is 113 Å². The minimum absolute atomic E-state index is 0.137. The van der Waals surface area contributed by atoms with Crippen molar-refractivity contribution >= 4 is 39.1 Å². The average molecular weight is 507 g/mol. The molecule has 0 bridgehead atoms. The van der Waals surface area contributed by atoms with Crippen molar-refractivity contribution < 1.29 is 27.9 Å². The molecule has 0 saturated carbocycles. The number of anilines is 1. The fourth-order valence-electron chi connectivity index (χ4n) is 3.88. The molecule has 3 rings (SSSR count). The summed E-state index contributed by atoms with van der Waals surface area (Å²) in [6.45, 7) is 4.63. The molecule has 0 fully saturated rings. The van der Waals surface area contributed by atoms with Crippen LogP contribution in [-0.4, -0.2) is 51.1 Å². The fourth-order valence-corrected chi connectivity index (χ4v) is 5.26. The van der Waals surface area contributed by atoms with Crippen molar-refractivity contribution in [3.05, 3.63) is 70.9 Å². The monoisotopic (exact) mass is 506 g/mol. The lowest BCUT2D eigenvalue weighted by Crippen LogP contribution is -2.48. The summed E-state index contributed by atoms with van der Waals surface area (Å²) in [4.78, 5) is 26.9. The van der Waals surface area contributed by atoms with Crippen molar-refractivity contribution in [3.63, 3.8) is 0 Å². The number of hydrogen-bond donors (Lipinski definition) is 2. The van der Waals surface area contributed by atoms with Crippen molar-refractivity contribution in [2.45, 2.75) is 43.2 Å². The number of carbonyl (C=O) groups excluding carboxylic acids is 2. The average Bonchev–Trinajstić information content (AvgIpc) is 2.97. The standard InChI is InChI=1S/C24H27ClN2O6S/c1-15(28)22(26-34(31,32)18-11-9-16(25)10-12-18)23(30)33-14-17(29)13-21-24(2,3)19-7-5-6-8-20(19)27(21)4/h5-13,15,22,26,28H,14H2,1-4H3/b21-13+/t15-,22+/m1/s1. The van der Waals surface area contributed by atoms with E-state index in [2.05, 4.69) is 4.72 Å². The molecule has 10 heteroatoms. The Labute approximate surface area is 204 Å². The van der Waals surface area contributed by atoms with Crippen LogP contribution < -0.4 is 9.62 Å². The molecule has 182 valence electrons. The molecule has 0 radical (unpaired) electrons. The summed E-state index contributed by atoms with van der Waals surface area (Å²) in [7, 11) is -2.29. The third-order valence-electron chi connectivity index (χ3n) is 5.74. The second-order valence-electron chi connectivity index (χ2n) is 8.60. The Morgan fingerprint density at radius 3 is 2.38 bits per heavy atom. The Hall–Kier alpha value is -2.72. The van der Waals surface area contributed by atoms with Crippen LogP contribution in [0.1, 0.15) is 26.3 Å². The molecule has 1 aliphatic rings. The zero-order valence-electron chi connectivity index (χ0n) is 19.3. The predicted molar refractivity (Wildman–Crippen MR) is 129 cm³/mol. The summed E-state index contributed by atoms with van der Waals surface area (Å²) in [5, 5.41) is 10.3. The summed E-state index contributed by atoms with van der Waals surface area (Å²) in [6, 6.07) is 11.5. The summed E-state index contributed by atoms with van der Waals surface area (Å²) < 4.78 is 32.4. The van der Waals surface area contributed by atoms with Crippen molar-refractivity contribution in [1.82, 2.24) is 4.72 Å². The Balaban J connectivity index is 1.70. The van der Waals surface area contributed by atoms with Gasteiger partial charge in [0.25, 0.3) is 0 Å².